The van der Waals surface area contributed by atoms with Gasteiger partial charge in [0.1, 0.15) is 0 Å². The van der Waals surface area contributed by atoms with Crippen molar-refractivity contribution in [2.75, 3.05) is 0 Å². The van der Waals surface area contributed by atoms with Crippen LogP contribution in [0.4, 0.5) is 0 Å². The monoisotopic (exact) mass is 254 g/mol. The maximum absolute atomic E-state index is 11.6. The van der Waals surface area contributed by atoms with E-state index in [9.17, 15) is 4.79 Å². The Labute approximate surface area is 93.7 Å². The first kappa shape index (κ1) is 11.4. The third kappa shape index (κ3) is 3.62. The molecule has 0 aliphatic rings. The van der Waals surface area contributed by atoms with Crippen molar-refractivity contribution in [3.05, 3.63) is 35.9 Å². The molecule has 0 aromatic heterocycles. The molecular weight excluding hydrogens is 240 g/mol. The lowest BCUT2D eigenvalue weighted by atomic mass is 10.1. The van der Waals surface area contributed by atoms with E-state index in [1.807, 2.05) is 30.3 Å². The first-order chi connectivity index (χ1) is 6.74. The summed E-state index contributed by atoms with van der Waals surface area (Å²) in [4.78, 5) is 12.1. The second-order valence-electron chi connectivity index (χ2n) is 3.33. The smallest absolute Gasteiger partial charge is 0.162 e. The molecule has 0 amide bonds. The van der Waals surface area contributed by atoms with Gasteiger partial charge in [0, 0.05) is 16.8 Å². The number of benzene rings is 1. The van der Waals surface area contributed by atoms with Crippen molar-refractivity contribution >= 4 is 21.7 Å². The molecule has 0 N–H and O–H groups in total. The molecule has 0 saturated heterocycles. The minimum absolute atomic E-state index is 0.239. The Hall–Kier alpha value is -0.630. The van der Waals surface area contributed by atoms with Crippen LogP contribution in [-0.2, 0) is 0 Å². The van der Waals surface area contributed by atoms with Crippen LogP contribution in [0.3, 0.4) is 0 Å². The van der Waals surface area contributed by atoms with E-state index in [1.54, 1.807) is 0 Å². The summed E-state index contributed by atoms with van der Waals surface area (Å²) in [6, 6.07) is 9.47. The normalized spacial score (nSPS) is 12.4. The van der Waals surface area contributed by atoms with Gasteiger partial charge in [-0.25, -0.2) is 0 Å². The number of hydrogen-bond donors (Lipinski definition) is 0. The Kier molecular flexibility index (Phi) is 4.88. The molecule has 0 spiro atoms. The van der Waals surface area contributed by atoms with Gasteiger partial charge in [0.25, 0.3) is 0 Å². The van der Waals surface area contributed by atoms with Gasteiger partial charge in [0.15, 0.2) is 5.78 Å². The molecule has 0 fully saturated rings. The van der Waals surface area contributed by atoms with Gasteiger partial charge in [-0.1, -0.05) is 53.2 Å². The summed E-state index contributed by atoms with van der Waals surface area (Å²) in [5, 5.41) is 0. The molecule has 0 aliphatic heterocycles. The molecule has 0 radical (unpaired) electrons. The fraction of sp³-hybridized carbons (Fsp3) is 0.417. The lowest BCUT2D eigenvalue weighted by Gasteiger charge is -2.05. The number of hydrogen-bond acceptors (Lipinski definition) is 1. The van der Waals surface area contributed by atoms with Crippen molar-refractivity contribution in [2.45, 2.75) is 31.0 Å². The molecule has 2 heteroatoms. The van der Waals surface area contributed by atoms with Crippen LogP contribution in [-0.4, -0.2) is 10.6 Å². The van der Waals surface area contributed by atoms with E-state index in [0.717, 1.165) is 18.4 Å². The third-order valence-electron chi connectivity index (χ3n) is 2.22. The number of carbonyl (C=O) groups is 1. The Morgan fingerprint density at radius 3 is 2.57 bits per heavy atom. The summed E-state index contributed by atoms with van der Waals surface area (Å²) in [7, 11) is 0. The molecule has 0 saturated carbocycles. The number of Topliss-reactive ketones (excluding diaryl/α,β-unsaturated/α-hetero) is 1. The average molecular weight is 255 g/mol. The summed E-state index contributed by atoms with van der Waals surface area (Å²) in [6.07, 6.45) is 2.63. The van der Waals surface area contributed by atoms with Crippen molar-refractivity contribution in [2.24, 2.45) is 0 Å². The van der Waals surface area contributed by atoms with E-state index < -0.39 is 0 Å². The average Bonchev–Trinajstić information content (AvgIpc) is 2.26. The molecule has 1 aromatic rings. The van der Waals surface area contributed by atoms with Gasteiger partial charge >= 0.3 is 0 Å². The van der Waals surface area contributed by atoms with Crippen LogP contribution in [0.5, 0.6) is 0 Å². The van der Waals surface area contributed by atoms with Crippen molar-refractivity contribution in [3.63, 3.8) is 0 Å². The number of carbonyl (C=O) groups excluding carboxylic acids is 1. The lowest BCUT2D eigenvalue weighted by molar-refractivity contribution is 0.0980. The van der Waals surface area contributed by atoms with E-state index in [1.165, 1.54) is 0 Å². The van der Waals surface area contributed by atoms with Gasteiger partial charge in [-0.15, -0.1) is 0 Å². The van der Waals surface area contributed by atoms with E-state index in [2.05, 4.69) is 22.9 Å². The maximum Gasteiger partial charge on any atom is 0.162 e. The minimum Gasteiger partial charge on any atom is -0.294 e. The fourth-order valence-electron chi connectivity index (χ4n) is 1.26. The van der Waals surface area contributed by atoms with Crippen molar-refractivity contribution in [1.29, 1.82) is 0 Å². The summed E-state index contributed by atoms with van der Waals surface area (Å²) in [5.41, 5.74) is 0.823. The molecule has 1 atom stereocenters. The van der Waals surface area contributed by atoms with Crippen LogP contribution < -0.4 is 0 Å². The van der Waals surface area contributed by atoms with Crippen LogP contribution in [0.25, 0.3) is 0 Å². The highest BCUT2D eigenvalue weighted by molar-refractivity contribution is 9.09. The zero-order valence-corrected chi connectivity index (χ0v) is 9.96. The fourth-order valence-corrected chi connectivity index (χ4v) is 1.49. The molecule has 0 aliphatic carbocycles. The van der Waals surface area contributed by atoms with Crippen LogP contribution in [0, 0.1) is 0 Å². The zero-order chi connectivity index (χ0) is 10.4. The van der Waals surface area contributed by atoms with Crippen molar-refractivity contribution in [3.8, 4) is 0 Å². The predicted octanol–water partition coefficient (Wildman–Crippen LogP) is 3.82. The van der Waals surface area contributed by atoms with Gasteiger partial charge in [0.05, 0.1) is 0 Å². The highest BCUT2D eigenvalue weighted by Gasteiger charge is 2.07. The summed E-state index contributed by atoms with van der Waals surface area (Å²) >= 11 is 3.53. The van der Waals surface area contributed by atoms with E-state index in [-0.39, 0.29) is 5.78 Å². The Balaban J connectivity index is 2.44. The minimum atomic E-state index is 0.239. The Bertz CT molecular complexity index is 282. The van der Waals surface area contributed by atoms with E-state index in [0.29, 0.717) is 11.2 Å². The Morgan fingerprint density at radius 2 is 2.00 bits per heavy atom. The molecule has 1 rings (SSSR count). The summed E-state index contributed by atoms with van der Waals surface area (Å²) < 4.78 is 0. The van der Waals surface area contributed by atoms with Crippen LogP contribution in [0.2, 0.25) is 0 Å². The van der Waals surface area contributed by atoms with E-state index in [4.69, 9.17) is 0 Å². The number of rotatable bonds is 5. The third-order valence-corrected chi connectivity index (χ3v) is 3.33. The van der Waals surface area contributed by atoms with Gasteiger partial charge in [-0.2, -0.15) is 0 Å². The highest BCUT2D eigenvalue weighted by Crippen LogP contribution is 2.14. The van der Waals surface area contributed by atoms with Crippen LogP contribution >= 0.6 is 15.9 Å². The molecule has 76 valence electrons. The van der Waals surface area contributed by atoms with Crippen LogP contribution in [0.15, 0.2) is 30.3 Å². The first-order valence-corrected chi connectivity index (χ1v) is 5.88. The summed E-state index contributed by atoms with van der Waals surface area (Å²) in [5.74, 6) is 0.239. The van der Waals surface area contributed by atoms with Crippen molar-refractivity contribution < 1.29 is 4.79 Å². The largest absolute Gasteiger partial charge is 0.294 e. The molecular formula is C12H15BrO. The summed E-state index contributed by atoms with van der Waals surface area (Å²) in [6.45, 7) is 2.12. The second kappa shape index (κ2) is 5.97. The molecule has 1 aromatic carbocycles. The van der Waals surface area contributed by atoms with Gasteiger partial charge in [-0.3, -0.25) is 4.79 Å². The molecule has 0 bridgehead atoms. The SMILES string of the molecule is CCC(Br)CCC(=O)c1ccccc1. The predicted molar refractivity (Wildman–Crippen MR) is 63.0 cm³/mol. The van der Waals surface area contributed by atoms with Crippen molar-refractivity contribution in [1.82, 2.24) is 0 Å². The van der Waals surface area contributed by atoms with E-state index >= 15 is 0 Å². The number of ketones is 1. The van der Waals surface area contributed by atoms with Gasteiger partial charge in [0.2, 0.25) is 0 Å². The molecule has 1 nitrogen and oxygen atoms in total. The molecule has 1 unspecified atom stereocenters. The maximum atomic E-state index is 11.6. The number of alkyl halides is 1. The second-order valence-corrected chi connectivity index (χ2v) is 4.63. The zero-order valence-electron chi connectivity index (χ0n) is 8.37. The van der Waals surface area contributed by atoms with Gasteiger partial charge < -0.3 is 0 Å². The van der Waals surface area contributed by atoms with Crippen LogP contribution in [0.1, 0.15) is 36.5 Å². The first-order valence-electron chi connectivity index (χ1n) is 4.96. The van der Waals surface area contributed by atoms with Gasteiger partial charge in [-0.05, 0) is 12.8 Å². The quantitative estimate of drug-likeness (QED) is 0.577. The number of halogens is 1. The molecule has 14 heavy (non-hydrogen) atoms. The lowest BCUT2D eigenvalue weighted by Crippen LogP contribution is -2.03. The standard InChI is InChI=1S/C12H15BrO/c1-2-11(13)8-9-12(14)10-6-4-3-5-7-10/h3-7,11H,2,8-9H2,1H3. The Morgan fingerprint density at radius 1 is 1.36 bits per heavy atom. The molecule has 0 heterocycles. The highest BCUT2D eigenvalue weighted by atomic mass is 79.9. The topological polar surface area (TPSA) is 17.1 Å².